The zero-order valence-electron chi connectivity index (χ0n) is 6.60. The largest absolute Gasteiger partial charge is 0.291 e. The third kappa shape index (κ3) is 1.83. The summed E-state index contributed by atoms with van der Waals surface area (Å²) in [7, 11) is 0. The Morgan fingerprint density at radius 2 is 1.90 bits per heavy atom. The van der Waals surface area contributed by atoms with Crippen molar-refractivity contribution in [2.75, 3.05) is 0 Å². The Kier molecular flexibility index (Phi) is 2.91. The van der Waals surface area contributed by atoms with Crippen LogP contribution in [0.2, 0.25) is 0 Å². The molecular weight excluding hydrogens is 124 g/mol. The molecule has 0 N–H and O–H groups in total. The Hall–Kier alpha value is -0.330. The summed E-state index contributed by atoms with van der Waals surface area (Å²) >= 11 is 0. The molecular formula is C9H15O. The molecule has 0 heterocycles. The van der Waals surface area contributed by atoms with E-state index in [0.717, 1.165) is 0 Å². The summed E-state index contributed by atoms with van der Waals surface area (Å²) in [5.41, 5.74) is 0. The van der Waals surface area contributed by atoms with Crippen LogP contribution in [0.1, 0.15) is 39.0 Å². The van der Waals surface area contributed by atoms with Gasteiger partial charge in [-0.15, -0.1) is 0 Å². The molecule has 0 amide bonds. The van der Waals surface area contributed by atoms with Gasteiger partial charge in [0.25, 0.3) is 0 Å². The van der Waals surface area contributed by atoms with Crippen LogP contribution in [0.25, 0.3) is 0 Å². The summed E-state index contributed by atoms with van der Waals surface area (Å²) in [6.07, 6.45) is 8.57. The molecule has 1 saturated carbocycles. The van der Waals surface area contributed by atoms with E-state index >= 15 is 0 Å². The van der Waals surface area contributed by atoms with Gasteiger partial charge in [0.15, 0.2) is 0 Å². The van der Waals surface area contributed by atoms with Crippen LogP contribution in [0.4, 0.5) is 0 Å². The first-order chi connectivity index (χ1) is 4.84. The minimum Gasteiger partial charge on any atom is -0.291 e. The first-order valence-corrected chi connectivity index (χ1v) is 4.22. The lowest BCUT2D eigenvalue weighted by Gasteiger charge is -2.23. The van der Waals surface area contributed by atoms with Crippen molar-refractivity contribution >= 4 is 6.29 Å². The van der Waals surface area contributed by atoms with Crippen LogP contribution in [0.15, 0.2) is 0 Å². The summed E-state index contributed by atoms with van der Waals surface area (Å²) in [5, 5.41) is 0. The third-order valence-electron chi connectivity index (χ3n) is 2.54. The average Bonchev–Trinajstić information content (AvgIpc) is 2.05. The average molecular weight is 139 g/mol. The minimum atomic E-state index is 0.181. The molecule has 1 rings (SSSR count). The number of hydrogen-bond donors (Lipinski definition) is 0. The molecule has 0 bridgehead atoms. The monoisotopic (exact) mass is 139 g/mol. The second-order valence-electron chi connectivity index (χ2n) is 3.30. The van der Waals surface area contributed by atoms with Crippen LogP contribution in [-0.2, 0) is 4.79 Å². The fourth-order valence-electron chi connectivity index (χ4n) is 1.73. The molecule has 10 heavy (non-hydrogen) atoms. The van der Waals surface area contributed by atoms with Crippen molar-refractivity contribution in [3.05, 3.63) is 0 Å². The molecule has 1 unspecified atom stereocenters. The van der Waals surface area contributed by atoms with Crippen LogP contribution in [0.3, 0.4) is 0 Å². The molecule has 0 saturated heterocycles. The fraction of sp³-hybridized carbons (Fsp3) is 0.889. The molecule has 57 valence electrons. The SMILES string of the molecule is CC([C]=O)C1CCCCC1. The van der Waals surface area contributed by atoms with Gasteiger partial charge in [-0.3, -0.25) is 4.79 Å². The minimum absolute atomic E-state index is 0.181. The van der Waals surface area contributed by atoms with Gasteiger partial charge >= 0.3 is 0 Å². The van der Waals surface area contributed by atoms with E-state index in [9.17, 15) is 4.79 Å². The highest BCUT2D eigenvalue weighted by Crippen LogP contribution is 2.28. The highest BCUT2D eigenvalue weighted by atomic mass is 16.1. The van der Waals surface area contributed by atoms with Gasteiger partial charge in [0.2, 0.25) is 6.29 Å². The fourth-order valence-corrected chi connectivity index (χ4v) is 1.73. The molecule has 1 aliphatic carbocycles. The van der Waals surface area contributed by atoms with E-state index in [-0.39, 0.29) is 5.92 Å². The molecule has 1 aliphatic rings. The van der Waals surface area contributed by atoms with Gasteiger partial charge in [-0.2, -0.15) is 0 Å². The third-order valence-corrected chi connectivity index (χ3v) is 2.54. The van der Waals surface area contributed by atoms with Crippen molar-refractivity contribution in [3.8, 4) is 0 Å². The summed E-state index contributed by atoms with van der Waals surface area (Å²) in [4.78, 5) is 10.3. The van der Waals surface area contributed by atoms with Crippen molar-refractivity contribution in [1.29, 1.82) is 0 Å². The molecule has 1 fully saturated rings. The molecule has 1 heteroatoms. The zero-order valence-corrected chi connectivity index (χ0v) is 6.60. The van der Waals surface area contributed by atoms with E-state index in [2.05, 4.69) is 6.29 Å². The summed E-state index contributed by atoms with van der Waals surface area (Å²) in [5.74, 6) is 0.826. The summed E-state index contributed by atoms with van der Waals surface area (Å²) < 4.78 is 0. The van der Waals surface area contributed by atoms with E-state index in [0.29, 0.717) is 5.92 Å². The van der Waals surface area contributed by atoms with Gasteiger partial charge in [0.05, 0.1) is 0 Å². The smallest absolute Gasteiger partial charge is 0.201 e. The maximum absolute atomic E-state index is 10.3. The van der Waals surface area contributed by atoms with E-state index in [1.165, 1.54) is 32.1 Å². The van der Waals surface area contributed by atoms with Crippen LogP contribution in [-0.4, -0.2) is 6.29 Å². The van der Waals surface area contributed by atoms with Gasteiger partial charge in [-0.1, -0.05) is 26.2 Å². The number of carbonyl (C=O) groups excluding carboxylic acids is 1. The molecule has 0 spiro atoms. The van der Waals surface area contributed by atoms with Crippen LogP contribution in [0.5, 0.6) is 0 Å². The number of hydrogen-bond acceptors (Lipinski definition) is 1. The molecule has 0 aliphatic heterocycles. The Morgan fingerprint density at radius 1 is 1.30 bits per heavy atom. The first-order valence-electron chi connectivity index (χ1n) is 4.22. The lowest BCUT2D eigenvalue weighted by molar-refractivity contribution is 0.305. The number of rotatable bonds is 2. The molecule has 1 nitrogen and oxygen atoms in total. The quantitative estimate of drug-likeness (QED) is 0.573. The molecule has 0 aromatic carbocycles. The normalized spacial score (nSPS) is 24.1. The Balaban J connectivity index is 2.30. The van der Waals surface area contributed by atoms with E-state index < -0.39 is 0 Å². The lowest BCUT2D eigenvalue weighted by atomic mass is 9.82. The van der Waals surface area contributed by atoms with Crippen molar-refractivity contribution in [2.45, 2.75) is 39.0 Å². The topological polar surface area (TPSA) is 17.1 Å². The maximum atomic E-state index is 10.3. The van der Waals surface area contributed by atoms with Gasteiger partial charge < -0.3 is 0 Å². The van der Waals surface area contributed by atoms with E-state index in [1.807, 2.05) is 6.92 Å². The maximum Gasteiger partial charge on any atom is 0.201 e. The predicted molar refractivity (Wildman–Crippen MR) is 41.4 cm³/mol. The van der Waals surface area contributed by atoms with E-state index in [1.54, 1.807) is 0 Å². The van der Waals surface area contributed by atoms with Crippen LogP contribution >= 0.6 is 0 Å². The van der Waals surface area contributed by atoms with Crippen molar-refractivity contribution in [3.63, 3.8) is 0 Å². The van der Waals surface area contributed by atoms with Crippen molar-refractivity contribution in [2.24, 2.45) is 11.8 Å². The lowest BCUT2D eigenvalue weighted by Crippen LogP contribution is -2.15. The molecule has 0 aromatic rings. The van der Waals surface area contributed by atoms with Crippen molar-refractivity contribution < 1.29 is 4.79 Å². The molecule has 1 radical (unpaired) electrons. The first kappa shape index (κ1) is 7.77. The van der Waals surface area contributed by atoms with Crippen LogP contribution < -0.4 is 0 Å². The highest BCUT2D eigenvalue weighted by molar-refractivity contribution is 5.54. The molecule has 1 atom stereocenters. The Bertz CT molecular complexity index is 103. The predicted octanol–water partition coefficient (Wildman–Crippen LogP) is 2.31. The van der Waals surface area contributed by atoms with Gasteiger partial charge in [-0.05, 0) is 18.8 Å². The molecule has 0 aromatic heterocycles. The van der Waals surface area contributed by atoms with Crippen molar-refractivity contribution in [1.82, 2.24) is 0 Å². The van der Waals surface area contributed by atoms with Gasteiger partial charge in [0, 0.05) is 5.92 Å². The van der Waals surface area contributed by atoms with E-state index in [4.69, 9.17) is 0 Å². The van der Waals surface area contributed by atoms with Crippen LogP contribution in [0, 0.1) is 11.8 Å². The summed E-state index contributed by atoms with van der Waals surface area (Å²) in [6, 6.07) is 0. The standard InChI is InChI=1S/C9H15O/c1-8(7-10)9-5-3-2-4-6-9/h8-9H,2-6H2,1H3. The second-order valence-corrected chi connectivity index (χ2v) is 3.30. The Morgan fingerprint density at radius 3 is 2.40 bits per heavy atom. The summed E-state index contributed by atoms with van der Waals surface area (Å²) in [6.45, 7) is 1.99. The highest BCUT2D eigenvalue weighted by Gasteiger charge is 2.19. The van der Waals surface area contributed by atoms with Gasteiger partial charge in [0.1, 0.15) is 0 Å². The van der Waals surface area contributed by atoms with Gasteiger partial charge in [-0.25, -0.2) is 0 Å². The second kappa shape index (κ2) is 3.75. The zero-order chi connectivity index (χ0) is 7.40. The Labute approximate surface area is 62.8 Å².